The highest BCUT2D eigenvalue weighted by molar-refractivity contribution is 5.96. The van der Waals surface area contributed by atoms with E-state index in [1.165, 1.54) is 0 Å². The van der Waals surface area contributed by atoms with E-state index in [0.29, 0.717) is 5.56 Å². The number of hydrogen-bond acceptors (Lipinski definition) is 3. The van der Waals surface area contributed by atoms with Crippen molar-refractivity contribution in [3.63, 3.8) is 0 Å². The minimum Gasteiger partial charge on any atom is -0.409 e. The number of oxime groups is 1. The van der Waals surface area contributed by atoms with Gasteiger partial charge in [0.1, 0.15) is 0 Å². The largest absolute Gasteiger partial charge is 0.409 e. The van der Waals surface area contributed by atoms with Crippen molar-refractivity contribution in [1.29, 1.82) is 0 Å². The Bertz CT molecular complexity index is 343. The zero-order chi connectivity index (χ0) is 11.1. The second-order valence-electron chi connectivity index (χ2n) is 3.10. The lowest BCUT2D eigenvalue weighted by Gasteiger charge is -2.03. The molecule has 4 nitrogen and oxygen atoms in total. The molecule has 0 aliphatic carbocycles. The van der Waals surface area contributed by atoms with Crippen molar-refractivity contribution in [2.45, 2.75) is 6.54 Å². The highest BCUT2D eigenvalue weighted by atomic mass is 16.4. The Balaban J connectivity index is 2.60. The number of nitrogens with one attached hydrogen (secondary N) is 1. The lowest BCUT2D eigenvalue weighted by Crippen LogP contribution is -2.14. The van der Waals surface area contributed by atoms with Crippen molar-refractivity contribution in [2.75, 3.05) is 6.54 Å². The van der Waals surface area contributed by atoms with E-state index in [2.05, 4.69) is 17.1 Å². The fraction of sp³-hybridized carbons (Fsp3) is 0.182. The van der Waals surface area contributed by atoms with Crippen LogP contribution in [0.25, 0.3) is 0 Å². The van der Waals surface area contributed by atoms with Crippen molar-refractivity contribution >= 4 is 5.84 Å². The molecule has 80 valence electrons. The standard InChI is InChI=1S/C11H15N3O/c1-2-7-13-8-9-3-5-10(6-4-9)11(12)14-15/h2-6,13,15H,1,7-8H2,(H2,12,14). The topological polar surface area (TPSA) is 70.6 Å². The average molecular weight is 205 g/mol. The van der Waals surface area contributed by atoms with Crippen LogP contribution in [0, 0.1) is 0 Å². The molecule has 15 heavy (non-hydrogen) atoms. The number of nitrogens with zero attached hydrogens (tertiary/aromatic N) is 1. The minimum atomic E-state index is 0.126. The molecule has 0 unspecified atom stereocenters. The first-order valence-electron chi connectivity index (χ1n) is 4.66. The Kier molecular flexibility index (Phi) is 4.37. The van der Waals surface area contributed by atoms with Crippen LogP contribution in [0.3, 0.4) is 0 Å². The van der Waals surface area contributed by atoms with E-state index in [1.807, 2.05) is 30.3 Å². The first-order chi connectivity index (χ1) is 7.27. The summed E-state index contributed by atoms with van der Waals surface area (Å²) in [7, 11) is 0. The molecule has 0 amide bonds. The third-order valence-corrected chi connectivity index (χ3v) is 1.98. The van der Waals surface area contributed by atoms with E-state index >= 15 is 0 Å². The van der Waals surface area contributed by atoms with Gasteiger partial charge in [0.2, 0.25) is 0 Å². The van der Waals surface area contributed by atoms with Gasteiger partial charge in [-0.25, -0.2) is 0 Å². The van der Waals surface area contributed by atoms with Crippen LogP contribution in [-0.4, -0.2) is 17.6 Å². The van der Waals surface area contributed by atoms with Gasteiger partial charge in [-0.15, -0.1) is 6.58 Å². The molecule has 0 aliphatic rings. The van der Waals surface area contributed by atoms with Crippen molar-refractivity contribution in [3.05, 3.63) is 48.0 Å². The monoisotopic (exact) mass is 205 g/mol. The molecule has 0 heterocycles. The molecule has 0 saturated carbocycles. The van der Waals surface area contributed by atoms with Crippen LogP contribution in [0.1, 0.15) is 11.1 Å². The molecule has 4 N–H and O–H groups in total. The van der Waals surface area contributed by atoms with Crippen LogP contribution in [0.4, 0.5) is 0 Å². The fourth-order valence-corrected chi connectivity index (χ4v) is 1.17. The maximum Gasteiger partial charge on any atom is 0.170 e. The summed E-state index contributed by atoms with van der Waals surface area (Å²) in [4.78, 5) is 0. The predicted molar refractivity (Wildman–Crippen MR) is 60.9 cm³/mol. The third kappa shape index (κ3) is 3.44. The quantitative estimate of drug-likeness (QED) is 0.168. The van der Waals surface area contributed by atoms with Gasteiger partial charge in [-0.3, -0.25) is 0 Å². The van der Waals surface area contributed by atoms with Crippen LogP contribution in [0.2, 0.25) is 0 Å². The molecule has 0 radical (unpaired) electrons. The van der Waals surface area contributed by atoms with E-state index in [0.717, 1.165) is 18.7 Å². The molecule has 4 heteroatoms. The molecule has 1 rings (SSSR count). The summed E-state index contributed by atoms with van der Waals surface area (Å²) >= 11 is 0. The van der Waals surface area contributed by atoms with Gasteiger partial charge in [0, 0.05) is 18.7 Å². The Morgan fingerprint density at radius 3 is 2.67 bits per heavy atom. The zero-order valence-electron chi connectivity index (χ0n) is 8.48. The van der Waals surface area contributed by atoms with Gasteiger partial charge < -0.3 is 16.3 Å². The van der Waals surface area contributed by atoms with Gasteiger partial charge in [0.15, 0.2) is 5.84 Å². The van der Waals surface area contributed by atoms with Crippen molar-refractivity contribution < 1.29 is 5.21 Å². The van der Waals surface area contributed by atoms with Gasteiger partial charge in [0.25, 0.3) is 0 Å². The first-order valence-corrected chi connectivity index (χ1v) is 4.66. The summed E-state index contributed by atoms with van der Waals surface area (Å²) in [5.41, 5.74) is 7.29. The normalized spacial score (nSPS) is 11.3. The summed E-state index contributed by atoms with van der Waals surface area (Å²) < 4.78 is 0. The molecule has 0 saturated heterocycles. The summed E-state index contributed by atoms with van der Waals surface area (Å²) in [6.45, 7) is 5.18. The fourth-order valence-electron chi connectivity index (χ4n) is 1.17. The van der Waals surface area contributed by atoms with Crippen molar-refractivity contribution in [1.82, 2.24) is 5.32 Å². The maximum atomic E-state index is 8.47. The third-order valence-electron chi connectivity index (χ3n) is 1.98. The lowest BCUT2D eigenvalue weighted by molar-refractivity contribution is 0.318. The Morgan fingerprint density at radius 2 is 2.13 bits per heavy atom. The van der Waals surface area contributed by atoms with Gasteiger partial charge in [-0.05, 0) is 5.56 Å². The van der Waals surface area contributed by atoms with Gasteiger partial charge >= 0.3 is 0 Å². The van der Waals surface area contributed by atoms with Crippen molar-refractivity contribution in [3.8, 4) is 0 Å². The van der Waals surface area contributed by atoms with E-state index in [9.17, 15) is 0 Å². The summed E-state index contributed by atoms with van der Waals surface area (Å²) in [5, 5.41) is 14.6. The Morgan fingerprint density at radius 1 is 1.47 bits per heavy atom. The zero-order valence-corrected chi connectivity index (χ0v) is 8.48. The molecule has 0 spiro atoms. The summed E-state index contributed by atoms with van der Waals surface area (Å²) in [6.07, 6.45) is 1.81. The number of nitrogens with two attached hydrogens (primary N) is 1. The molecule has 0 aromatic heterocycles. The number of rotatable bonds is 5. The summed E-state index contributed by atoms with van der Waals surface area (Å²) in [6, 6.07) is 7.51. The summed E-state index contributed by atoms with van der Waals surface area (Å²) in [5.74, 6) is 0.126. The second kappa shape index (κ2) is 5.82. The van der Waals surface area contributed by atoms with E-state index in [4.69, 9.17) is 10.9 Å². The van der Waals surface area contributed by atoms with E-state index < -0.39 is 0 Å². The SMILES string of the molecule is C=CCNCc1ccc(C(N)=NO)cc1. The molecule has 1 aromatic rings. The van der Waals surface area contributed by atoms with E-state index in [-0.39, 0.29) is 5.84 Å². The molecule has 0 fully saturated rings. The van der Waals surface area contributed by atoms with Crippen LogP contribution in [0.15, 0.2) is 42.1 Å². The smallest absolute Gasteiger partial charge is 0.170 e. The van der Waals surface area contributed by atoms with Crippen LogP contribution in [-0.2, 0) is 6.54 Å². The first kappa shape index (κ1) is 11.3. The highest BCUT2D eigenvalue weighted by Crippen LogP contribution is 2.03. The minimum absolute atomic E-state index is 0.126. The second-order valence-corrected chi connectivity index (χ2v) is 3.10. The number of amidine groups is 1. The maximum absolute atomic E-state index is 8.47. The van der Waals surface area contributed by atoms with Crippen LogP contribution < -0.4 is 11.1 Å². The van der Waals surface area contributed by atoms with Crippen molar-refractivity contribution in [2.24, 2.45) is 10.9 Å². The number of benzene rings is 1. The molecular weight excluding hydrogens is 190 g/mol. The molecule has 1 aromatic carbocycles. The van der Waals surface area contributed by atoms with E-state index in [1.54, 1.807) is 0 Å². The van der Waals surface area contributed by atoms with Crippen LogP contribution in [0.5, 0.6) is 0 Å². The lowest BCUT2D eigenvalue weighted by atomic mass is 10.1. The highest BCUT2D eigenvalue weighted by Gasteiger charge is 1.98. The van der Waals surface area contributed by atoms with Gasteiger partial charge in [0.05, 0.1) is 0 Å². The molecular formula is C11H15N3O. The van der Waals surface area contributed by atoms with Gasteiger partial charge in [-0.2, -0.15) is 0 Å². The predicted octanol–water partition coefficient (Wildman–Crippen LogP) is 1.06. The van der Waals surface area contributed by atoms with Gasteiger partial charge in [-0.1, -0.05) is 35.5 Å². The Labute approximate surface area is 89.1 Å². The molecule has 0 bridgehead atoms. The number of hydrogen-bond donors (Lipinski definition) is 3. The molecule has 0 atom stereocenters. The Hall–Kier alpha value is -1.81. The van der Waals surface area contributed by atoms with Crippen LogP contribution >= 0.6 is 0 Å². The molecule has 0 aliphatic heterocycles. The average Bonchev–Trinajstić information content (AvgIpc) is 2.29.